The summed E-state index contributed by atoms with van der Waals surface area (Å²) in [6, 6.07) is 8.56. The predicted molar refractivity (Wildman–Crippen MR) is 101 cm³/mol. The molecule has 1 fully saturated rings. The summed E-state index contributed by atoms with van der Waals surface area (Å²) in [5.41, 5.74) is 0.993. The van der Waals surface area contributed by atoms with Crippen LogP contribution < -0.4 is 9.84 Å². The van der Waals surface area contributed by atoms with Crippen molar-refractivity contribution in [3.05, 3.63) is 52.0 Å². The lowest BCUT2D eigenvalue weighted by Gasteiger charge is -2.39. The Labute approximate surface area is 175 Å². The van der Waals surface area contributed by atoms with E-state index in [1.165, 1.54) is 36.4 Å². The number of carboxylic acid groups (broad SMARTS) is 1. The van der Waals surface area contributed by atoms with Crippen LogP contribution in [0.25, 0.3) is 11.1 Å². The molecule has 10 heteroatoms. The van der Waals surface area contributed by atoms with E-state index in [4.69, 9.17) is 32.7 Å². The van der Waals surface area contributed by atoms with E-state index in [1.807, 2.05) is 0 Å². The number of carbonyl (C=O) groups excluding carboxylic acids is 1. The first-order valence-corrected chi connectivity index (χ1v) is 9.26. The summed E-state index contributed by atoms with van der Waals surface area (Å²) < 4.78 is 10.8. The van der Waals surface area contributed by atoms with E-state index in [0.717, 1.165) is 0 Å². The molecule has 1 saturated heterocycles. The van der Waals surface area contributed by atoms with Gasteiger partial charge >= 0.3 is 0 Å². The molecular weight excluding hydrogens is 427 g/mol. The standard InChI is InChI=1S/C19H18Cl2O8/c20-11-5-10(28-19-17(25)16(24)15(23)13(7-22)29-19)6-12(21)14(11)8-1-3-9(4-2-8)18(26)27/h1-6,13,15-17,19,22-25H,7H2,(H,26,27)/p-1/t13-,15-,16+,17+,19+/m1/s1. The highest BCUT2D eigenvalue weighted by Gasteiger charge is 2.44. The molecule has 2 aromatic carbocycles. The van der Waals surface area contributed by atoms with Crippen LogP contribution in [-0.2, 0) is 4.74 Å². The number of aliphatic hydroxyl groups excluding tert-OH is 4. The third-order valence-electron chi connectivity index (χ3n) is 4.53. The van der Waals surface area contributed by atoms with E-state index in [1.54, 1.807) is 0 Å². The van der Waals surface area contributed by atoms with Crippen molar-refractivity contribution in [1.82, 2.24) is 0 Å². The predicted octanol–water partition coefficient (Wildman–Crippen LogP) is 0.203. The number of halogens is 2. The number of benzene rings is 2. The zero-order valence-corrected chi connectivity index (χ0v) is 16.2. The van der Waals surface area contributed by atoms with Gasteiger partial charge in [-0.15, -0.1) is 0 Å². The Hall–Kier alpha value is -1.91. The molecule has 8 nitrogen and oxygen atoms in total. The SMILES string of the molecule is O=C([O-])c1ccc(-c2c(Cl)cc(O[C@H]3O[C@H](CO)[C@@H](O)[C@H](O)[C@@H]3O)cc2Cl)cc1. The fraction of sp³-hybridized carbons (Fsp3) is 0.316. The van der Waals surface area contributed by atoms with Crippen LogP contribution in [0.3, 0.4) is 0 Å². The minimum atomic E-state index is -1.58. The molecule has 0 unspecified atom stereocenters. The number of aliphatic hydroxyl groups is 4. The highest BCUT2D eigenvalue weighted by atomic mass is 35.5. The van der Waals surface area contributed by atoms with Crippen molar-refractivity contribution in [2.75, 3.05) is 6.61 Å². The quantitative estimate of drug-likeness (QED) is 0.513. The molecule has 0 aliphatic carbocycles. The minimum absolute atomic E-state index is 0.00330. The van der Waals surface area contributed by atoms with Crippen LogP contribution in [0.5, 0.6) is 5.75 Å². The van der Waals surface area contributed by atoms with E-state index < -0.39 is 43.3 Å². The summed E-state index contributed by atoms with van der Waals surface area (Å²) in [4.78, 5) is 10.9. The molecule has 1 heterocycles. The molecule has 156 valence electrons. The summed E-state index contributed by atoms with van der Waals surface area (Å²) >= 11 is 12.6. The van der Waals surface area contributed by atoms with Crippen molar-refractivity contribution in [3.63, 3.8) is 0 Å². The Morgan fingerprint density at radius 3 is 2.14 bits per heavy atom. The second kappa shape index (κ2) is 8.85. The summed E-state index contributed by atoms with van der Waals surface area (Å²) in [6.45, 7) is -0.590. The summed E-state index contributed by atoms with van der Waals surface area (Å²) in [5.74, 6) is -1.20. The van der Waals surface area contributed by atoms with Gasteiger partial charge < -0.3 is 39.8 Å². The Bertz CT molecular complexity index is 863. The lowest BCUT2D eigenvalue weighted by atomic mass is 9.99. The summed E-state index contributed by atoms with van der Waals surface area (Å²) in [5, 5.41) is 50.2. The molecule has 0 aromatic heterocycles. The zero-order valence-electron chi connectivity index (χ0n) is 14.7. The highest BCUT2D eigenvalue weighted by molar-refractivity contribution is 6.39. The maximum Gasteiger partial charge on any atom is 0.229 e. The van der Waals surface area contributed by atoms with Gasteiger partial charge in [0.2, 0.25) is 6.29 Å². The van der Waals surface area contributed by atoms with Gasteiger partial charge in [0.05, 0.1) is 22.6 Å². The topological polar surface area (TPSA) is 140 Å². The molecular formula is C19H17Cl2O8-. The van der Waals surface area contributed by atoms with E-state index in [-0.39, 0.29) is 21.4 Å². The largest absolute Gasteiger partial charge is 0.545 e. The Morgan fingerprint density at radius 2 is 1.62 bits per heavy atom. The van der Waals surface area contributed by atoms with Crippen LogP contribution >= 0.6 is 23.2 Å². The highest BCUT2D eigenvalue weighted by Crippen LogP contribution is 2.39. The second-order valence-electron chi connectivity index (χ2n) is 6.44. The normalized spacial score (nSPS) is 26.9. The molecule has 1 aliphatic heterocycles. The van der Waals surface area contributed by atoms with Gasteiger partial charge in [-0.25, -0.2) is 0 Å². The van der Waals surface area contributed by atoms with Crippen molar-refractivity contribution in [3.8, 4) is 16.9 Å². The molecule has 0 saturated carbocycles. The maximum absolute atomic E-state index is 10.9. The van der Waals surface area contributed by atoms with Gasteiger partial charge in [-0.05, 0) is 23.3 Å². The number of ether oxygens (including phenoxy) is 2. The Balaban J connectivity index is 1.85. The van der Waals surface area contributed by atoms with Crippen LogP contribution in [0.4, 0.5) is 0 Å². The molecule has 0 spiro atoms. The van der Waals surface area contributed by atoms with E-state index in [0.29, 0.717) is 11.1 Å². The molecule has 3 rings (SSSR count). The molecule has 1 aliphatic rings. The third kappa shape index (κ3) is 4.49. The first-order chi connectivity index (χ1) is 13.7. The van der Waals surface area contributed by atoms with Crippen molar-refractivity contribution >= 4 is 29.2 Å². The van der Waals surface area contributed by atoms with Crippen LogP contribution in [0.15, 0.2) is 36.4 Å². The van der Waals surface area contributed by atoms with Gasteiger partial charge in [-0.2, -0.15) is 0 Å². The van der Waals surface area contributed by atoms with Crippen molar-refractivity contribution in [1.29, 1.82) is 0 Å². The first kappa shape index (κ1) is 21.8. The van der Waals surface area contributed by atoms with Gasteiger partial charge in [-0.1, -0.05) is 47.5 Å². The number of hydrogen-bond donors (Lipinski definition) is 4. The lowest BCUT2D eigenvalue weighted by molar-refractivity contribution is -0.277. The van der Waals surface area contributed by atoms with Crippen LogP contribution in [0, 0.1) is 0 Å². The van der Waals surface area contributed by atoms with Crippen molar-refractivity contribution in [2.24, 2.45) is 0 Å². The van der Waals surface area contributed by atoms with Gasteiger partial charge in [-0.3, -0.25) is 0 Å². The third-order valence-corrected chi connectivity index (χ3v) is 5.12. The number of rotatable bonds is 5. The van der Waals surface area contributed by atoms with Gasteiger partial charge in [0, 0.05) is 5.56 Å². The van der Waals surface area contributed by atoms with E-state index in [9.17, 15) is 30.3 Å². The molecule has 0 amide bonds. The molecule has 29 heavy (non-hydrogen) atoms. The number of aromatic carboxylic acids is 1. The molecule has 5 atom stereocenters. The molecule has 2 aromatic rings. The first-order valence-electron chi connectivity index (χ1n) is 8.51. The van der Waals surface area contributed by atoms with E-state index in [2.05, 4.69) is 0 Å². The number of carbonyl (C=O) groups is 1. The van der Waals surface area contributed by atoms with Gasteiger partial charge in [0.25, 0.3) is 0 Å². The van der Waals surface area contributed by atoms with Crippen LogP contribution in [-0.4, -0.2) is 63.7 Å². The number of carboxylic acids is 1. The molecule has 0 bridgehead atoms. The van der Waals surface area contributed by atoms with Gasteiger partial charge in [0.15, 0.2) is 0 Å². The fourth-order valence-corrected chi connectivity index (χ4v) is 3.65. The maximum atomic E-state index is 10.9. The van der Waals surface area contributed by atoms with Crippen LogP contribution in [0.2, 0.25) is 10.0 Å². The van der Waals surface area contributed by atoms with Crippen molar-refractivity contribution in [2.45, 2.75) is 30.7 Å². The summed E-state index contributed by atoms with van der Waals surface area (Å²) in [7, 11) is 0. The van der Waals surface area contributed by atoms with E-state index >= 15 is 0 Å². The number of hydrogen-bond acceptors (Lipinski definition) is 8. The molecule has 4 N–H and O–H groups in total. The lowest BCUT2D eigenvalue weighted by Crippen LogP contribution is -2.60. The van der Waals surface area contributed by atoms with Gasteiger partial charge in [0.1, 0.15) is 30.2 Å². The second-order valence-corrected chi connectivity index (χ2v) is 7.26. The van der Waals surface area contributed by atoms with Crippen LogP contribution in [0.1, 0.15) is 10.4 Å². The zero-order chi connectivity index (χ0) is 21.3. The average Bonchev–Trinajstić information content (AvgIpc) is 2.68. The monoisotopic (exact) mass is 443 g/mol. The van der Waals surface area contributed by atoms with Crippen molar-refractivity contribution < 1.29 is 39.8 Å². The average molecular weight is 444 g/mol. The fourth-order valence-electron chi connectivity index (χ4n) is 2.97. The Morgan fingerprint density at radius 1 is 1.03 bits per heavy atom. The minimum Gasteiger partial charge on any atom is -0.545 e. The smallest absolute Gasteiger partial charge is 0.229 e. The summed E-state index contributed by atoms with van der Waals surface area (Å²) in [6.07, 6.45) is -7.18. The Kier molecular flexibility index (Phi) is 6.65. The molecule has 0 radical (unpaired) electrons.